The highest BCUT2D eigenvalue weighted by atomic mass is 16.6. The van der Waals surface area contributed by atoms with E-state index in [4.69, 9.17) is 15.2 Å². The van der Waals surface area contributed by atoms with Gasteiger partial charge in [0.15, 0.2) is 0 Å². The van der Waals surface area contributed by atoms with Crippen molar-refractivity contribution in [3.63, 3.8) is 0 Å². The van der Waals surface area contributed by atoms with E-state index in [1.165, 1.54) is 0 Å². The number of nitrogens with two attached hydrogens (primary N) is 1. The predicted octanol–water partition coefficient (Wildman–Crippen LogP) is 0.394. The minimum atomic E-state index is -0.559. The first-order valence-corrected chi connectivity index (χ1v) is 7.65. The number of aromatic nitrogens is 2. The number of ether oxygens (including phenoxy) is 2. The number of anilines is 3. The molecule has 2 fully saturated rings. The smallest absolute Gasteiger partial charge is 0.353 e. The Labute approximate surface area is 133 Å². The molecule has 0 aliphatic carbocycles. The summed E-state index contributed by atoms with van der Waals surface area (Å²) in [6.07, 6.45) is 1.97. The van der Waals surface area contributed by atoms with E-state index in [2.05, 4.69) is 15.3 Å². The van der Waals surface area contributed by atoms with Crippen LogP contribution in [0, 0.1) is 10.1 Å². The normalized spacial score (nSPS) is 21.4. The second kappa shape index (κ2) is 6.92. The molecule has 1 aromatic heterocycles. The number of hydrogen-bond donors (Lipinski definition) is 2. The van der Waals surface area contributed by atoms with Gasteiger partial charge in [-0.15, -0.1) is 0 Å². The van der Waals surface area contributed by atoms with Gasteiger partial charge in [0.1, 0.15) is 0 Å². The third kappa shape index (κ3) is 3.59. The lowest BCUT2D eigenvalue weighted by molar-refractivity contribution is -0.383. The lowest BCUT2D eigenvalue weighted by Crippen LogP contribution is -2.37. The summed E-state index contributed by atoms with van der Waals surface area (Å²) in [4.78, 5) is 21.0. The monoisotopic (exact) mass is 324 g/mol. The zero-order valence-corrected chi connectivity index (χ0v) is 12.7. The molecule has 3 heterocycles. The van der Waals surface area contributed by atoms with Crippen LogP contribution < -0.4 is 16.0 Å². The van der Waals surface area contributed by atoms with Crippen LogP contribution in [0.25, 0.3) is 0 Å². The highest BCUT2D eigenvalue weighted by Gasteiger charge is 2.26. The highest BCUT2D eigenvalue weighted by molar-refractivity contribution is 5.70. The molecule has 0 unspecified atom stereocenters. The summed E-state index contributed by atoms with van der Waals surface area (Å²) < 4.78 is 10.8. The highest BCUT2D eigenvalue weighted by Crippen LogP contribution is 2.30. The van der Waals surface area contributed by atoms with Gasteiger partial charge in [-0.05, 0) is 12.8 Å². The summed E-state index contributed by atoms with van der Waals surface area (Å²) in [6, 6.07) is 0. The average Bonchev–Trinajstić information content (AvgIpc) is 3.06. The van der Waals surface area contributed by atoms with Crippen molar-refractivity contribution in [2.24, 2.45) is 0 Å². The van der Waals surface area contributed by atoms with Gasteiger partial charge < -0.3 is 25.4 Å². The van der Waals surface area contributed by atoms with Crippen LogP contribution in [0.2, 0.25) is 0 Å². The minimum absolute atomic E-state index is 0.0395. The molecular weight excluding hydrogens is 304 g/mol. The Morgan fingerprint density at radius 3 is 2.78 bits per heavy atom. The molecule has 3 rings (SSSR count). The fourth-order valence-corrected chi connectivity index (χ4v) is 2.68. The first-order valence-electron chi connectivity index (χ1n) is 7.65. The van der Waals surface area contributed by atoms with Crippen molar-refractivity contribution in [3.8, 4) is 0 Å². The number of morpholine rings is 1. The maximum Gasteiger partial charge on any atom is 0.353 e. The van der Waals surface area contributed by atoms with Crippen LogP contribution in [0.15, 0.2) is 0 Å². The van der Waals surface area contributed by atoms with Crippen molar-refractivity contribution >= 4 is 23.3 Å². The summed E-state index contributed by atoms with van der Waals surface area (Å²) in [5, 5.41) is 14.3. The third-order valence-corrected chi connectivity index (χ3v) is 3.90. The van der Waals surface area contributed by atoms with Crippen LogP contribution >= 0.6 is 0 Å². The number of nitro groups is 1. The molecule has 23 heavy (non-hydrogen) atoms. The van der Waals surface area contributed by atoms with Gasteiger partial charge in [-0.2, -0.15) is 9.97 Å². The van der Waals surface area contributed by atoms with Crippen molar-refractivity contribution in [2.45, 2.75) is 18.9 Å². The quantitative estimate of drug-likeness (QED) is 0.583. The largest absolute Gasteiger partial charge is 0.378 e. The van der Waals surface area contributed by atoms with E-state index < -0.39 is 4.92 Å². The Kier molecular flexibility index (Phi) is 4.72. The number of rotatable bonds is 5. The Balaban J connectivity index is 1.83. The molecule has 0 aromatic carbocycles. The number of nitrogen functional groups attached to an aromatic ring is 1. The Morgan fingerprint density at radius 1 is 1.35 bits per heavy atom. The first kappa shape index (κ1) is 15.7. The van der Waals surface area contributed by atoms with Crippen LogP contribution in [0.1, 0.15) is 12.8 Å². The molecule has 2 aliphatic heterocycles. The van der Waals surface area contributed by atoms with Gasteiger partial charge >= 0.3 is 5.69 Å². The number of nitrogens with zero attached hydrogens (tertiary/aromatic N) is 4. The lowest BCUT2D eigenvalue weighted by atomic mass is 10.2. The van der Waals surface area contributed by atoms with E-state index >= 15 is 0 Å². The lowest BCUT2D eigenvalue weighted by Gasteiger charge is -2.27. The SMILES string of the molecule is Nc1nc(N2CCOCC2)nc(NC[C@@H]2CCCO2)c1[N+](=O)[O-]. The van der Waals surface area contributed by atoms with Crippen LogP contribution in [0.4, 0.5) is 23.3 Å². The molecule has 2 saturated heterocycles. The molecule has 0 amide bonds. The van der Waals surface area contributed by atoms with Crippen molar-refractivity contribution in [1.29, 1.82) is 0 Å². The van der Waals surface area contributed by atoms with Gasteiger partial charge in [-0.3, -0.25) is 10.1 Å². The molecule has 1 aromatic rings. The van der Waals surface area contributed by atoms with E-state index in [0.29, 0.717) is 38.8 Å². The van der Waals surface area contributed by atoms with E-state index in [-0.39, 0.29) is 23.4 Å². The summed E-state index contributed by atoms with van der Waals surface area (Å²) >= 11 is 0. The van der Waals surface area contributed by atoms with Gasteiger partial charge in [0.25, 0.3) is 0 Å². The topological polar surface area (TPSA) is 129 Å². The molecular formula is C13H20N6O4. The zero-order chi connectivity index (χ0) is 16.2. The molecule has 2 aliphatic rings. The number of hydrogen-bond acceptors (Lipinski definition) is 9. The molecule has 10 nitrogen and oxygen atoms in total. The van der Waals surface area contributed by atoms with Crippen molar-refractivity contribution in [1.82, 2.24) is 9.97 Å². The van der Waals surface area contributed by atoms with E-state index in [1.807, 2.05) is 4.90 Å². The Bertz CT molecular complexity index is 572. The molecule has 1 atom stereocenters. The number of nitrogens with one attached hydrogen (secondary N) is 1. The van der Waals surface area contributed by atoms with Crippen LogP contribution in [0.5, 0.6) is 0 Å². The summed E-state index contributed by atoms with van der Waals surface area (Å²) in [5.41, 5.74) is 5.50. The van der Waals surface area contributed by atoms with Gasteiger partial charge in [0, 0.05) is 26.2 Å². The second-order valence-corrected chi connectivity index (χ2v) is 5.48. The standard InChI is InChI=1S/C13H20N6O4/c14-11-10(19(20)21)12(15-8-9-2-1-5-23-9)17-13(16-11)18-3-6-22-7-4-18/h9H,1-8H2,(H3,14,15,16,17)/t9-/m0/s1. The first-order chi connectivity index (χ1) is 11.1. The third-order valence-electron chi connectivity index (χ3n) is 3.90. The molecule has 10 heteroatoms. The molecule has 126 valence electrons. The summed E-state index contributed by atoms with van der Waals surface area (Å²) in [7, 11) is 0. The molecule has 0 bridgehead atoms. The van der Waals surface area contributed by atoms with Crippen LogP contribution in [-0.2, 0) is 9.47 Å². The molecule has 0 spiro atoms. The van der Waals surface area contributed by atoms with E-state index in [0.717, 1.165) is 19.4 Å². The van der Waals surface area contributed by atoms with Crippen molar-refractivity contribution in [2.75, 3.05) is 55.4 Å². The van der Waals surface area contributed by atoms with Crippen LogP contribution in [0.3, 0.4) is 0 Å². The van der Waals surface area contributed by atoms with Gasteiger partial charge in [-0.25, -0.2) is 0 Å². The van der Waals surface area contributed by atoms with E-state index in [9.17, 15) is 10.1 Å². The Hall–Kier alpha value is -2.20. The zero-order valence-electron chi connectivity index (χ0n) is 12.7. The van der Waals surface area contributed by atoms with Crippen LogP contribution in [-0.4, -0.2) is 60.5 Å². The summed E-state index contributed by atoms with van der Waals surface area (Å²) in [6.45, 7) is 3.57. The molecule has 3 N–H and O–H groups in total. The van der Waals surface area contributed by atoms with Gasteiger partial charge in [0.05, 0.1) is 24.2 Å². The van der Waals surface area contributed by atoms with Gasteiger partial charge in [0.2, 0.25) is 17.6 Å². The average molecular weight is 324 g/mol. The maximum absolute atomic E-state index is 11.3. The van der Waals surface area contributed by atoms with Gasteiger partial charge in [-0.1, -0.05) is 0 Å². The minimum Gasteiger partial charge on any atom is -0.378 e. The molecule has 0 radical (unpaired) electrons. The fraction of sp³-hybridized carbons (Fsp3) is 0.692. The van der Waals surface area contributed by atoms with E-state index in [1.54, 1.807) is 0 Å². The second-order valence-electron chi connectivity index (χ2n) is 5.48. The maximum atomic E-state index is 11.3. The Morgan fingerprint density at radius 2 is 2.13 bits per heavy atom. The summed E-state index contributed by atoms with van der Waals surface area (Å²) in [5.74, 6) is 0.382. The molecule has 0 saturated carbocycles. The van der Waals surface area contributed by atoms with Crippen molar-refractivity contribution < 1.29 is 14.4 Å². The van der Waals surface area contributed by atoms with Crippen molar-refractivity contribution in [3.05, 3.63) is 10.1 Å². The fourth-order valence-electron chi connectivity index (χ4n) is 2.68. The predicted molar refractivity (Wildman–Crippen MR) is 83.6 cm³/mol.